The number of nitrogens with zero attached hydrogens (tertiary/aromatic N) is 3. The van der Waals surface area contributed by atoms with Crippen molar-refractivity contribution in [2.75, 3.05) is 31.6 Å². The van der Waals surface area contributed by atoms with Gasteiger partial charge in [0.2, 0.25) is 5.91 Å². The van der Waals surface area contributed by atoms with Gasteiger partial charge in [-0.05, 0) is 25.1 Å². The first kappa shape index (κ1) is 16.1. The maximum Gasteiger partial charge on any atom is 0.270 e. The smallest absolute Gasteiger partial charge is 0.270 e. The Bertz CT molecular complexity index is 774. The van der Waals surface area contributed by atoms with Crippen molar-refractivity contribution < 1.29 is 14.5 Å². The summed E-state index contributed by atoms with van der Waals surface area (Å²) in [6, 6.07) is 7.56. The first-order valence-electron chi connectivity index (χ1n) is 7.73. The Morgan fingerprint density at radius 1 is 1.33 bits per heavy atom. The van der Waals surface area contributed by atoms with E-state index >= 15 is 0 Å². The monoisotopic (exact) mass is 330 g/mol. The van der Waals surface area contributed by atoms with Gasteiger partial charge in [-0.15, -0.1) is 0 Å². The van der Waals surface area contributed by atoms with Crippen LogP contribution in [0.15, 0.2) is 30.3 Å². The van der Waals surface area contributed by atoms with E-state index in [1.165, 1.54) is 12.1 Å². The molecule has 3 rings (SSSR count). The molecular formula is C16H18N4O4. The third-order valence-corrected chi connectivity index (χ3v) is 3.94. The van der Waals surface area contributed by atoms with Crippen molar-refractivity contribution in [1.29, 1.82) is 0 Å². The number of amides is 1. The number of nitrogens with one attached hydrogen (secondary N) is 1. The van der Waals surface area contributed by atoms with Gasteiger partial charge in [-0.3, -0.25) is 14.9 Å². The number of fused-ring (bicyclic) bond motifs is 1. The van der Waals surface area contributed by atoms with Gasteiger partial charge in [-0.25, -0.2) is 4.98 Å². The van der Waals surface area contributed by atoms with Gasteiger partial charge in [-0.1, -0.05) is 0 Å². The van der Waals surface area contributed by atoms with Gasteiger partial charge in [0.25, 0.3) is 5.69 Å². The highest BCUT2D eigenvalue weighted by molar-refractivity contribution is 5.86. The second kappa shape index (κ2) is 6.79. The highest BCUT2D eigenvalue weighted by Crippen LogP contribution is 2.21. The number of nitro benzene ring substituents is 1. The third-order valence-electron chi connectivity index (χ3n) is 3.94. The molecule has 24 heavy (non-hydrogen) atoms. The average Bonchev–Trinajstić information content (AvgIpc) is 2.61. The number of non-ortho nitro benzene ring substituents is 1. The Morgan fingerprint density at radius 2 is 2.08 bits per heavy atom. The van der Waals surface area contributed by atoms with Gasteiger partial charge in [0.1, 0.15) is 11.9 Å². The average molecular weight is 330 g/mol. The second-order valence-electron chi connectivity index (χ2n) is 5.63. The fourth-order valence-corrected chi connectivity index (χ4v) is 2.65. The fraction of sp³-hybridized carbons (Fsp3) is 0.375. The molecule has 1 aliphatic heterocycles. The van der Waals surface area contributed by atoms with E-state index in [-0.39, 0.29) is 11.6 Å². The largest absolute Gasteiger partial charge is 0.378 e. The molecule has 1 N–H and O–H groups in total. The van der Waals surface area contributed by atoms with Crippen LogP contribution in [-0.4, -0.2) is 53.1 Å². The molecule has 1 aromatic heterocycles. The summed E-state index contributed by atoms with van der Waals surface area (Å²) < 4.78 is 5.25. The molecule has 1 saturated heterocycles. The summed E-state index contributed by atoms with van der Waals surface area (Å²) in [6.07, 6.45) is 0. The van der Waals surface area contributed by atoms with Gasteiger partial charge in [-0.2, -0.15) is 0 Å². The standard InChI is InChI=1S/C16H18N4O4/c1-11(16(21)19-6-8-24-9-7-19)17-15-5-2-12-10-13(20(22)23)3-4-14(12)18-15/h2-5,10-11H,6-9H2,1H3,(H,17,18). The Balaban J connectivity index is 1.73. The number of anilines is 1. The molecule has 8 nitrogen and oxygen atoms in total. The molecule has 2 heterocycles. The molecule has 1 atom stereocenters. The number of morpholine rings is 1. The fourth-order valence-electron chi connectivity index (χ4n) is 2.65. The number of pyridine rings is 1. The van der Waals surface area contributed by atoms with Gasteiger partial charge >= 0.3 is 0 Å². The second-order valence-corrected chi connectivity index (χ2v) is 5.63. The predicted molar refractivity (Wildman–Crippen MR) is 88.9 cm³/mol. The Morgan fingerprint density at radius 3 is 2.79 bits per heavy atom. The van der Waals surface area contributed by atoms with Crippen LogP contribution in [0.2, 0.25) is 0 Å². The summed E-state index contributed by atoms with van der Waals surface area (Å²) in [5.41, 5.74) is 0.664. The van der Waals surface area contributed by atoms with Gasteiger partial charge in [0.15, 0.2) is 0 Å². The zero-order valence-corrected chi connectivity index (χ0v) is 13.3. The minimum Gasteiger partial charge on any atom is -0.378 e. The molecule has 0 radical (unpaired) electrons. The molecule has 1 unspecified atom stereocenters. The van der Waals surface area contributed by atoms with Crippen LogP contribution < -0.4 is 5.32 Å². The van der Waals surface area contributed by atoms with Gasteiger partial charge in [0.05, 0.1) is 23.7 Å². The van der Waals surface area contributed by atoms with Crippen molar-refractivity contribution in [3.8, 4) is 0 Å². The van der Waals surface area contributed by atoms with Crippen LogP contribution in [0.1, 0.15) is 6.92 Å². The lowest BCUT2D eigenvalue weighted by Gasteiger charge is -2.29. The van der Waals surface area contributed by atoms with Crippen LogP contribution in [-0.2, 0) is 9.53 Å². The highest BCUT2D eigenvalue weighted by Gasteiger charge is 2.22. The minimum atomic E-state index is -0.436. The van der Waals surface area contributed by atoms with Gasteiger partial charge in [0, 0.05) is 30.6 Å². The van der Waals surface area contributed by atoms with E-state index in [4.69, 9.17) is 4.74 Å². The summed E-state index contributed by atoms with van der Waals surface area (Å²) in [5.74, 6) is 0.564. The maximum atomic E-state index is 12.4. The molecule has 0 spiro atoms. The first-order chi connectivity index (χ1) is 11.5. The normalized spacial score (nSPS) is 16.0. The molecule has 1 fully saturated rings. The molecule has 0 aliphatic carbocycles. The van der Waals surface area contributed by atoms with Crippen molar-refractivity contribution in [2.24, 2.45) is 0 Å². The number of carbonyl (C=O) groups is 1. The summed E-state index contributed by atoms with van der Waals surface area (Å²) in [4.78, 5) is 28.9. The van der Waals surface area contributed by atoms with E-state index < -0.39 is 11.0 Å². The van der Waals surface area contributed by atoms with Crippen molar-refractivity contribution in [3.63, 3.8) is 0 Å². The maximum absolute atomic E-state index is 12.4. The molecule has 1 aromatic carbocycles. The lowest BCUT2D eigenvalue weighted by molar-refractivity contribution is -0.384. The van der Waals surface area contributed by atoms with Crippen LogP contribution in [0.4, 0.5) is 11.5 Å². The van der Waals surface area contributed by atoms with Crippen LogP contribution in [0.5, 0.6) is 0 Å². The summed E-state index contributed by atoms with van der Waals surface area (Å²) in [6.45, 7) is 4.11. The van der Waals surface area contributed by atoms with Crippen LogP contribution >= 0.6 is 0 Å². The number of aromatic nitrogens is 1. The van der Waals surface area contributed by atoms with Crippen LogP contribution in [0.25, 0.3) is 10.9 Å². The van der Waals surface area contributed by atoms with Crippen molar-refractivity contribution in [2.45, 2.75) is 13.0 Å². The molecular weight excluding hydrogens is 312 g/mol. The summed E-state index contributed by atoms with van der Waals surface area (Å²) in [7, 11) is 0. The minimum absolute atomic E-state index is 0.00361. The zero-order valence-electron chi connectivity index (χ0n) is 13.3. The molecule has 8 heteroatoms. The van der Waals surface area contributed by atoms with E-state index in [9.17, 15) is 14.9 Å². The van der Waals surface area contributed by atoms with E-state index in [0.29, 0.717) is 43.0 Å². The number of carbonyl (C=O) groups excluding carboxylic acids is 1. The number of nitro groups is 1. The van der Waals surface area contributed by atoms with E-state index in [0.717, 1.165) is 0 Å². The SMILES string of the molecule is CC(Nc1ccc2cc([N+](=O)[O-])ccc2n1)C(=O)N1CCOCC1. The zero-order chi connectivity index (χ0) is 17.1. The number of hydrogen-bond acceptors (Lipinski definition) is 6. The van der Waals surface area contributed by atoms with E-state index in [1.807, 2.05) is 0 Å². The molecule has 0 saturated carbocycles. The number of rotatable bonds is 4. The summed E-state index contributed by atoms with van der Waals surface area (Å²) in [5, 5.41) is 14.6. The van der Waals surface area contributed by atoms with Crippen molar-refractivity contribution >= 4 is 28.3 Å². The lowest BCUT2D eigenvalue weighted by Crippen LogP contribution is -2.47. The molecule has 1 aliphatic rings. The molecule has 126 valence electrons. The lowest BCUT2D eigenvalue weighted by atomic mass is 10.2. The number of hydrogen-bond donors (Lipinski definition) is 1. The topological polar surface area (TPSA) is 97.6 Å². The Labute approximate surface area is 138 Å². The predicted octanol–water partition coefficient (Wildman–Crippen LogP) is 1.80. The Kier molecular flexibility index (Phi) is 4.57. The van der Waals surface area contributed by atoms with Gasteiger partial charge < -0.3 is 15.0 Å². The number of benzene rings is 1. The Hall–Kier alpha value is -2.74. The quantitative estimate of drug-likeness (QED) is 0.678. The van der Waals surface area contributed by atoms with Crippen molar-refractivity contribution in [1.82, 2.24) is 9.88 Å². The van der Waals surface area contributed by atoms with Crippen molar-refractivity contribution in [3.05, 3.63) is 40.4 Å². The van der Waals surface area contributed by atoms with E-state index in [2.05, 4.69) is 10.3 Å². The molecule has 2 aromatic rings. The highest BCUT2D eigenvalue weighted by atomic mass is 16.6. The van der Waals surface area contributed by atoms with Crippen LogP contribution in [0.3, 0.4) is 0 Å². The van der Waals surface area contributed by atoms with E-state index in [1.54, 1.807) is 30.0 Å². The molecule has 1 amide bonds. The third kappa shape index (κ3) is 3.43. The number of ether oxygens (including phenoxy) is 1. The van der Waals surface area contributed by atoms with Crippen LogP contribution in [0, 0.1) is 10.1 Å². The summed E-state index contributed by atoms with van der Waals surface area (Å²) >= 11 is 0. The first-order valence-corrected chi connectivity index (χ1v) is 7.73. The molecule has 0 bridgehead atoms.